The molecule has 7 nitrogen and oxygen atoms in total. The third-order valence-electron chi connectivity index (χ3n) is 3.61. The molecule has 0 unspecified atom stereocenters. The van der Waals surface area contributed by atoms with Crippen molar-refractivity contribution >= 4 is 23.7 Å². The summed E-state index contributed by atoms with van der Waals surface area (Å²) >= 11 is 6.15. The van der Waals surface area contributed by atoms with Crippen molar-refractivity contribution in [2.75, 3.05) is 13.7 Å². The van der Waals surface area contributed by atoms with Crippen LogP contribution in [0.1, 0.15) is 27.2 Å². The summed E-state index contributed by atoms with van der Waals surface area (Å²) in [5.41, 5.74) is -0.710. The number of amides is 1. The Bertz CT molecular complexity index is 657. The first-order valence-corrected chi connectivity index (χ1v) is 8.21. The van der Waals surface area contributed by atoms with Crippen molar-refractivity contribution in [3.05, 3.63) is 23.2 Å². The predicted octanol–water partition coefficient (Wildman–Crippen LogP) is 3.19. The molecule has 1 heterocycles. The van der Waals surface area contributed by atoms with Gasteiger partial charge in [-0.15, -0.1) is 0 Å². The molecule has 0 bridgehead atoms. The topological polar surface area (TPSA) is 85.3 Å². The third kappa shape index (κ3) is 4.92. The average Bonchev–Trinajstić information content (AvgIpc) is 2.92. The molecule has 138 valence electrons. The Hall–Kier alpha value is -2.15. The molecule has 0 spiro atoms. The minimum Gasteiger partial charge on any atom is -0.497 e. The third-order valence-corrected chi connectivity index (χ3v) is 3.90. The van der Waals surface area contributed by atoms with Gasteiger partial charge in [0.25, 0.3) is 0 Å². The maximum absolute atomic E-state index is 12.3. The van der Waals surface area contributed by atoms with Crippen LogP contribution in [0, 0.1) is 0 Å². The van der Waals surface area contributed by atoms with Crippen LogP contribution in [-0.2, 0) is 9.53 Å². The zero-order valence-electron chi connectivity index (χ0n) is 14.6. The summed E-state index contributed by atoms with van der Waals surface area (Å²) < 4.78 is 16.2. The molecule has 0 aliphatic carbocycles. The molecule has 1 saturated heterocycles. The van der Waals surface area contributed by atoms with E-state index in [1.54, 1.807) is 39.0 Å². The summed E-state index contributed by atoms with van der Waals surface area (Å²) in [5, 5.41) is 9.74. The lowest BCUT2D eigenvalue weighted by Gasteiger charge is -2.26. The van der Waals surface area contributed by atoms with E-state index in [4.69, 9.17) is 25.8 Å². The second-order valence-corrected chi connectivity index (χ2v) is 7.17. The van der Waals surface area contributed by atoms with Gasteiger partial charge in [-0.1, -0.05) is 11.6 Å². The van der Waals surface area contributed by atoms with Crippen LogP contribution in [0.5, 0.6) is 11.5 Å². The predicted molar refractivity (Wildman–Crippen MR) is 91.4 cm³/mol. The Labute approximate surface area is 151 Å². The number of hydrogen-bond donors (Lipinski definition) is 1. The normalized spacial score (nSPS) is 20.3. The van der Waals surface area contributed by atoms with Gasteiger partial charge in [0.1, 0.15) is 29.2 Å². The van der Waals surface area contributed by atoms with E-state index >= 15 is 0 Å². The maximum Gasteiger partial charge on any atom is 0.411 e. The zero-order chi connectivity index (χ0) is 18.8. The molecule has 1 aromatic rings. The fourth-order valence-electron chi connectivity index (χ4n) is 2.52. The van der Waals surface area contributed by atoms with Crippen molar-refractivity contribution in [2.24, 2.45) is 0 Å². The van der Waals surface area contributed by atoms with Gasteiger partial charge in [0.15, 0.2) is 0 Å². The first kappa shape index (κ1) is 19.2. The largest absolute Gasteiger partial charge is 0.497 e. The van der Waals surface area contributed by atoms with Gasteiger partial charge < -0.3 is 19.3 Å². The van der Waals surface area contributed by atoms with Crippen molar-refractivity contribution in [1.82, 2.24) is 4.90 Å². The van der Waals surface area contributed by atoms with Crippen LogP contribution < -0.4 is 9.47 Å². The van der Waals surface area contributed by atoms with Crippen LogP contribution in [0.2, 0.25) is 5.02 Å². The number of rotatable bonds is 4. The Morgan fingerprint density at radius 3 is 2.52 bits per heavy atom. The quantitative estimate of drug-likeness (QED) is 0.874. The molecule has 25 heavy (non-hydrogen) atoms. The molecule has 1 fully saturated rings. The highest BCUT2D eigenvalue weighted by Gasteiger charge is 2.42. The molecule has 0 aromatic heterocycles. The van der Waals surface area contributed by atoms with Crippen LogP contribution in [0.15, 0.2) is 18.2 Å². The Morgan fingerprint density at radius 2 is 2.00 bits per heavy atom. The van der Waals surface area contributed by atoms with Crippen LogP contribution in [0.25, 0.3) is 0 Å². The van der Waals surface area contributed by atoms with Crippen molar-refractivity contribution in [1.29, 1.82) is 0 Å². The Kier molecular flexibility index (Phi) is 5.67. The van der Waals surface area contributed by atoms with Crippen molar-refractivity contribution < 1.29 is 28.9 Å². The molecule has 1 aromatic carbocycles. The van der Waals surface area contributed by atoms with Crippen molar-refractivity contribution in [3.8, 4) is 11.5 Å². The van der Waals surface area contributed by atoms with E-state index in [1.165, 1.54) is 12.0 Å². The van der Waals surface area contributed by atoms with Crippen LogP contribution in [0.3, 0.4) is 0 Å². The summed E-state index contributed by atoms with van der Waals surface area (Å²) in [6.45, 7) is 5.28. The van der Waals surface area contributed by atoms with Gasteiger partial charge in [-0.2, -0.15) is 0 Å². The SMILES string of the molecule is COc1ccc(O[C@H]2C[C@@H](C(=O)O)N(C(=O)OC(C)(C)C)C2)c(Cl)c1. The van der Waals surface area contributed by atoms with E-state index in [1.807, 2.05) is 0 Å². The van der Waals surface area contributed by atoms with E-state index in [0.29, 0.717) is 16.5 Å². The molecule has 1 aliphatic rings. The Balaban J connectivity index is 2.11. The fraction of sp³-hybridized carbons (Fsp3) is 0.529. The number of halogens is 1. The monoisotopic (exact) mass is 371 g/mol. The zero-order valence-corrected chi connectivity index (χ0v) is 15.4. The summed E-state index contributed by atoms with van der Waals surface area (Å²) in [6.07, 6.45) is -1.02. The number of carboxylic acids is 1. The average molecular weight is 372 g/mol. The molecule has 1 amide bonds. The van der Waals surface area contributed by atoms with E-state index in [-0.39, 0.29) is 13.0 Å². The van der Waals surface area contributed by atoms with E-state index in [0.717, 1.165) is 0 Å². The minimum atomic E-state index is -1.10. The van der Waals surface area contributed by atoms with Crippen LogP contribution >= 0.6 is 11.6 Å². The smallest absolute Gasteiger partial charge is 0.411 e. The minimum absolute atomic E-state index is 0.105. The summed E-state index contributed by atoms with van der Waals surface area (Å²) in [5.74, 6) is -0.108. The van der Waals surface area contributed by atoms with Gasteiger partial charge in [-0.05, 0) is 32.9 Å². The number of carbonyl (C=O) groups excluding carboxylic acids is 1. The standard InChI is InChI=1S/C17H22ClNO6/c1-17(2,3)25-16(22)19-9-11(8-13(19)15(20)21)24-14-6-5-10(23-4)7-12(14)18/h5-7,11,13H,8-9H2,1-4H3,(H,20,21)/t11-,13-/m0/s1. The van der Waals surface area contributed by atoms with Crippen molar-refractivity contribution in [2.45, 2.75) is 44.9 Å². The van der Waals surface area contributed by atoms with Gasteiger partial charge >= 0.3 is 12.1 Å². The molecule has 2 rings (SSSR count). The fourth-order valence-corrected chi connectivity index (χ4v) is 2.74. The number of aliphatic carboxylic acids is 1. The maximum atomic E-state index is 12.3. The number of nitrogens with zero attached hydrogens (tertiary/aromatic N) is 1. The highest BCUT2D eigenvalue weighted by Crippen LogP contribution is 2.32. The van der Waals surface area contributed by atoms with E-state index in [2.05, 4.69) is 0 Å². The highest BCUT2D eigenvalue weighted by molar-refractivity contribution is 6.32. The van der Waals surface area contributed by atoms with E-state index < -0.39 is 29.8 Å². The molecule has 8 heteroatoms. The Morgan fingerprint density at radius 1 is 1.32 bits per heavy atom. The van der Waals surface area contributed by atoms with Crippen LogP contribution in [0.4, 0.5) is 4.79 Å². The molecular formula is C17H22ClNO6. The lowest BCUT2D eigenvalue weighted by atomic mass is 10.2. The van der Waals surface area contributed by atoms with E-state index in [9.17, 15) is 14.7 Å². The lowest BCUT2D eigenvalue weighted by Crippen LogP contribution is -2.43. The summed E-state index contributed by atoms with van der Waals surface area (Å²) in [6, 6.07) is 3.94. The van der Waals surface area contributed by atoms with Crippen LogP contribution in [-0.4, -0.2) is 53.5 Å². The number of ether oxygens (including phenoxy) is 3. The van der Waals surface area contributed by atoms with Gasteiger partial charge in [0.05, 0.1) is 18.7 Å². The van der Waals surface area contributed by atoms with Gasteiger partial charge in [0.2, 0.25) is 0 Å². The number of hydrogen-bond acceptors (Lipinski definition) is 5. The number of likely N-dealkylation sites (tertiary alicyclic amines) is 1. The second kappa shape index (κ2) is 7.39. The van der Waals surface area contributed by atoms with Gasteiger partial charge in [-0.3, -0.25) is 4.90 Å². The molecular weight excluding hydrogens is 350 g/mol. The second-order valence-electron chi connectivity index (χ2n) is 6.76. The molecule has 1 N–H and O–H groups in total. The summed E-state index contributed by atoms with van der Waals surface area (Å²) in [7, 11) is 1.53. The first-order valence-electron chi connectivity index (χ1n) is 7.83. The molecule has 1 aliphatic heterocycles. The molecule has 0 saturated carbocycles. The number of carboxylic acid groups (broad SMARTS) is 1. The molecule has 0 radical (unpaired) electrons. The van der Waals surface area contributed by atoms with Crippen molar-refractivity contribution in [3.63, 3.8) is 0 Å². The number of benzene rings is 1. The van der Waals surface area contributed by atoms with Gasteiger partial charge in [0, 0.05) is 12.5 Å². The first-order chi connectivity index (χ1) is 11.6. The molecule has 2 atom stereocenters. The highest BCUT2D eigenvalue weighted by atomic mass is 35.5. The number of methoxy groups -OCH3 is 1. The number of carbonyl (C=O) groups is 2. The lowest BCUT2D eigenvalue weighted by molar-refractivity contribution is -0.142. The van der Waals surface area contributed by atoms with Gasteiger partial charge in [-0.25, -0.2) is 9.59 Å². The summed E-state index contributed by atoms with van der Waals surface area (Å²) in [4.78, 5) is 24.9.